The number of hydrogen-bond acceptors (Lipinski definition) is 5. The van der Waals surface area contributed by atoms with Crippen molar-refractivity contribution >= 4 is 22.2 Å². The number of pyridine rings is 1. The molecule has 27 heavy (non-hydrogen) atoms. The van der Waals surface area contributed by atoms with Gasteiger partial charge in [-0.2, -0.15) is 0 Å². The van der Waals surface area contributed by atoms with E-state index in [9.17, 15) is 4.39 Å². The molecule has 1 saturated carbocycles. The van der Waals surface area contributed by atoms with Gasteiger partial charge in [-0.1, -0.05) is 36.7 Å². The van der Waals surface area contributed by atoms with Crippen molar-refractivity contribution < 1.29 is 9.13 Å². The van der Waals surface area contributed by atoms with E-state index in [4.69, 9.17) is 9.72 Å². The molecule has 0 bridgehead atoms. The maximum atomic E-state index is 13.4. The zero-order valence-corrected chi connectivity index (χ0v) is 16.3. The van der Waals surface area contributed by atoms with Crippen LogP contribution in [0.5, 0.6) is 5.19 Å². The molecule has 1 fully saturated rings. The third kappa shape index (κ3) is 4.45. The average molecular weight is 386 g/mol. The van der Waals surface area contributed by atoms with Gasteiger partial charge in [0.15, 0.2) is 0 Å². The summed E-state index contributed by atoms with van der Waals surface area (Å²) in [5.41, 5.74) is 1.87. The molecule has 142 valence electrons. The second-order valence-corrected chi connectivity index (χ2v) is 8.21. The maximum Gasteiger partial charge on any atom is 0.273 e. The Balaban J connectivity index is 1.56. The summed E-state index contributed by atoms with van der Waals surface area (Å²) in [4.78, 5) is 12.8. The molecule has 0 aliphatic heterocycles. The van der Waals surface area contributed by atoms with Crippen LogP contribution in [-0.2, 0) is 13.1 Å². The van der Waals surface area contributed by atoms with E-state index in [0.29, 0.717) is 11.2 Å². The van der Waals surface area contributed by atoms with Gasteiger partial charge in [-0.25, -0.2) is 9.37 Å². The molecule has 0 radical (unpaired) electrons. The van der Waals surface area contributed by atoms with Crippen molar-refractivity contribution in [3.8, 4) is 5.19 Å². The second-order valence-electron chi connectivity index (χ2n) is 7.13. The molecule has 0 spiro atoms. The van der Waals surface area contributed by atoms with Gasteiger partial charge >= 0.3 is 0 Å². The van der Waals surface area contributed by atoms with Crippen molar-refractivity contribution in [2.75, 3.05) is 7.11 Å². The van der Waals surface area contributed by atoms with Crippen molar-refractivity contribution in [1.82, 2.24) is 14.9 Å². The largest absolute Gasteiger partial charge is 0.473 e. The highest BCUT2D eigenvalue weighted by molar-refractivity contribution is 7.13. The topological polar surface area (TPSA) is 38.2 Å². The van der Waals surface area contributed by atoms with Crippen LogP contribution < -0.4 is 4.74 Å². The Morgan fingerprint density at radius 3 is 2.78 bits per heavy atom. The summed E-state index contributed by atoms with van der Waals surface area (Å²) in [5, 5.41) is 1.55. The number of thiazole rings is 1. The van der Waals surface area contributed by atoms with Crippen molar-refractivity contribution in [1.29, 1.82) is 0 Å². The number of nitrogens with zero attached hydrogens (tertiary/aromatic N) is 3. The number of aromatic nitrogens is 2. The quantitative estimate of drug-likeness (QED) is 0.586. The summed E-state index contributed by atoms with van der Waals surface area (Å²) in [6.07, 6.45) is 8.28. The monoisotopic (exact) mass is 385 g/mol. The summed E-state index contributed by atoms with van der Waals surface area (Å²) in [5.74, 6) is -0.222. The fourth-order valence-electron chi connectivity index (χ4n) is 3.85. The van der Waals surface area contributed by atoms with Crippen molar-refractivity contribution in [2.24, 2.45) is 0 Å². The molecule has 0 N–H and O–H groups in total. The lowest BCUT2D eigenvalue weighted by molar-refractivity contribution is 0.139. The van der Waals surface area contributed by atoms with Gasteiger partial charge in [0.05, 0.1) is 18.3 Å². The first-order valence-electron chi connectivity index (χ1n) is 9.49. The van der Waals surface area contributed by atoms with E-state index in [1.807, 2.05) is 18.3 Å². The molecule has 0 unspecified atom stereocenters. The van der Waals surface area contributed by atoms with E-state index in [-0.39, 0.29) is 5.82 Å². The maximum absolute atomic E-state index is 13.4. The molecule has 1 aliphatic carbocycles. The first-order chi connectivity index (χ1) is 13.2. The minimum absolute atomic E-state index is 0.222. The Labute approximate surface area is 163 Å². The Bertz CT molecular complexity index is 907. The number of ether oxygens (including phenoxy) is 1. The van der Waals surface area contributed by atoms with Crippen LogP contribution in [0.1, 0.15) is 42.7 Å². The summed E-state index contributed by atoms with van der Waals surface area (Å²) in [6, 6.07) is 9.32. The van der Waals surface area contributed by atoms with Crippen molar-refractivity contribution in [3.05, 3.63) is 52.9 Å². The number of benzene rings is 1. The smallest absolute Gasteiger partial charge is 0.273 e. The molecule has 3 aromatic rings. The minimum atomic E-state index is -0.222. The first-order valence-corrected chi connectivity index (χ1v) is 10.3. The van der Waals surface area contributed by atoms with Crippen LogP contribution in [0.25, 0.3) is 10.9 Å². The molecule has 4 rings (SSSR count). The van der Waals surface area contributed by atoms with Crippen LogP contribution in [-0.4, -0.2) is 28.0 Å². The van der Waals surface area contributed by atoms with Gasteiger partial charge in [0.25, 0.3) is 5.19 Å². The molecule has 6 heteroatoms. The zero-order chi connectivity index (χ0) is 18.6. The van der Waals surface area contributed by atoms with Gasteiger partial charge in [-0.05, 0) is 37.1 Å². The van der Waals surface area contributed by atoms with Gasteiger partial charge in [-0.3, -0.25) is 9.88 Å². The fourth-order valence-corrected chi connectivity index (χ4v) is 4.60. The highest BCUT2D eigenvalue weighted by Gasteiger charge is 2.23. The van der Waals surface area contributed by atoms with E-state index in [1.54, 1.807) is 24.5 Å². The predicted octanol–water partition coefficient (Wildman–Crippen LogP) is 5.17. The van der Waals surface area contributed by atoms with E-state index in [2.05, 4.69) is 9.88 Å². The molecule has 0 amide bonds. The van der Waals surface area contributed by atoms with E-state index in [0.717, 1.165) is 29.7 Å². The highest BCUT2D eigenvalue weighted by atomic mass is 32.1. The van der Waals surface area contributed by atoms with Gasteiger partial charge in [0.2, 0.25) is 0 Å². The number of halogens is 1. The molecule has 0 saturated heterocycles. The van der Waals surface area contributed by atoms with Crippen molar-refractivity contribution in [3.63, 3.8) is 0 Å². The summed E-state index contributed by atoms with van der Waals surface area (Å²) in [7, 11) is 1.66. The number of rotatable bonds is 6. The number of methoxy groups -OCH3 is 1. The lowest BCUT2D eigenvalue weighted by atomic mass is 9.94. The van der Waals surface area contributed by atoms with Crippen LogP contribution in [0, 0.1) is 5.82 Å². The molecule has 2 aromatic heterocycles. The Morgan fingerprint density at radius 1 is 1.15 bits per heavy atom. The normalized spacial score (nSPS) is 15.5. The van der Waals surface area contributed by atoms with Gasteiger partial charge in [-0.15, -0.1) is 0 Å². The number of fused-ring (bicyclic) bond motifs is 1. The molecular weight excluding hydrogens is 361 g/mol. The molecule has 2 heterocycles. The molecule has 1 aliphatic rings. The minimum Gasteiger partial charge on any atom is -0.473 e. The SMILES string of the molecule is COc1ncc(CN(Cc2ccc3cc(F)ccc3n2)C2CCCCC2)s1. The molecule has 4 nitrogen and oxygen atoms in total. The second kappa shape index (κ2) is 8.31. The van der Waals surface area contributed by atoms with Gasteiger partial charge in [0, 0.05) is 35.6 Å². The van der Waals surface area contributed by atoms with Gasteiger partial charge in [0.1, 0.15) is 5.82 Å². The van der Waals surface area contributed by atoms with E-state index >= 15 is 0 Å². The van der Waals surface area contributed by atoms with Crippen LogP contribution in [0.2, 0.25) is 0 Å². The first kappa shape index (κ1) is 18.3. The predicted molar refractivity (Wildman–Crippen MR) is 106 cm³/mol. The zero-order valence-electron chi connectivity index (χ0n) is 15.5. The third-order valence-electron chi connectivity index (χ3n) is 5.23. The molecule has 0 atom stereocenters. The highest BCUT2D eigenvalue weighted by Crippen LogP contribution is 2.28. The molecule has 1 aromatic carbocycles. The average Bonchev–Trinajstić information content (AvgIpc) is 3.16. The van der Waals surface area contributed by atoms with Crippen LogP contribution in [0.3, 0.4) is 0 Å². The van der Waals surface area contributed by atoms with Crippen LogP contribution in [0.15, 0.2) is 36.5 Å². The number of hydrogen-bond donors (Lipinski definition) is 0. The summed E-state index contributed by atoms with van der Waals surface area (Å²) >= 11 is 1.60. The lowest BCUT2D eigenvalue weighted by Crippen LogP contribution is -2.35. The Kier molecular flexibility index (Phi) is 5.64. The fraction of sp³-hybridized carbons (Fsp3) is 0.429. The van der Waals surface area contributed by atoms with Gasteiger partial charge < -0.3 is 4.74 Å². The summed E-state index contributed by atoms with van der Waals surface area (Å²) in [6.45, 7) is 1.65. The molecular formula is C21H24FN3OS. The Hall–Kier alpha value is -2.05. The van der Waals surface area contributed by atoms with Crippen LogP contribution in [0.4, 0.5) is 4.39 Å². The third-order valence-corrected chi connectivity index (χ3v) is 6.17. The standard InChI is InChI=1S/C21H24FN3OS/c1-26-21-23-12-19(27-21)14-25(18-5-3-2-4-6-18)13-17-9-7-15-11-16(22)8-10-20(15)24-17/h7-12,18H,2-6,13-14H2,1H3. The lowest BCUT2D eigenvalue weighted by Gasteiger charge is -2.33. The Morgan fingerprint density at radius 2 is 2.00 bits per heavy atom. The van der Waals surface area contributed by atoms with Crippen LogP contribution >= 0.6 is 11.3 Å². The summed E-state index contributed by atoms with van der Waals surface area (Å²) < 4.78 is 18.7. The van der Waals surface area contributed by atoms with E-state index < -0.39 is 0 Å². The van der Waals surface area contributed by atoms with Crippen molar-refractivity contribution in [2.45, 2.75) is 51.2 Å². The van der Waals surface area contributed by atoms with E-state index in [1.165, 1.54) is 49.1 Å².